The Bertz CT molecular complexity index is 769. The summed E-state index contributed by atoms with van der Waals surface area (Å²) in [6.07, 6.45) is 1.92. The highest BCUT2D eigenvalue weighted by Crippen LogP contribution is 2.18. The Morgan fingerprint density at radius 2 is 1.89 bits per heavy atom. The van der Waals surface area contributed by atoms with E-state index in [1.807, 2.05) is 18.2 Å². The molecule has 5 nitrogen and oxygen atoms in total. The van der Waals surface area contributed by atoms with Gasteiger partial charge < -0.3 is 14.8 Å². The highest BCUT2D eigenvalue weighted by atomic mass is 19.1. The lowest BCUT2D eigenvalue weighted by Gasteiger charge is -2.23. The third kappa shape index (κ3) is 6.32. The Morgan fingerprint density at radius 3 is 2.79 bits per heavy atom. The van der Waals surface area contributed by atoms with Crippen LogP contribution in [0.4, 0.5) is 4.39 Å². The molecule has 0 saturated heterocycles. The molecule has 2 aromatic carbocycles. The van der Waals surface area contributed by atoms with E-state index in [1.165, 1.54) is 6.07 Å². The number of halogens is 1. The lowest BCUT2D eigenvalue weighted by atomic mass is 10.2. The summed E-state index contributed by atoms with van der Waals surface area (Å²) in [6.45, 7) is 4.30. The van der Waals surface area contributed by atoms with Crippen LogP contribution >= 0.6 is 0 Å². The molecule has 0 bridgehead atoms. The van der Waals surface area contributed by atoms with Crippen LogP contribution in [0.25, 0.3) is 0 Å². The maximum absolute atomic E-state index is 13.5. The first-order valence-electron chi connectivity index (χ1n) is 9.77. The van der Waals surface area contributed by atoms with Gasteiger partial charge in [-0.15, -0.1) is 0 Å². The van der Waals surface area contributed by atoms with Gasteiger partial charge in [0.05, 0.1) is 12.2 Å². The number of carbonyl (C=O) groups excluding carboxylic acids is 1. The second-order valence-corrected chi connectivity index (χ2v) is 6.83. The Hall–Kier alpha value is -2.44. The van der Waals surface area contributed by atoms with E-state index in [0.29, 0.717) is 50.8 Å². The van der Waals surface area contributed by atoms with Gasteiger partial charge in [0.2, 0.25) is 0 Å². The largest absolute Gasteiger partial charge is 0.491 e. The maximum Gasteiger partial charge on any atom is 0.255 e. The Morgan fingerprint density at radius 1 is 1.00 bits per heavy atom. The summed E-state index contributed by atoms with van der Waals surface area (Å²) in [7, 11) is 0. The number of hydrogen-bond acceptors (Lipinski definition) is 4. The van der Waals surface area contributed by atoms with E-state index >= 15 is 0 Å². The summed E-state index contributed by atoms with van der Waals surface area (Å²) < 4.78 is 25.0. The predicted octanol–water partition coefficient (Wildman–Crippen LogP) is 3.25. The van der Waals surface area contributed by atoms with Crippen LogP contribution in [0.5, 0.6) is 5.75 Å². The van der Waals surface area contributed by atoms with Gasteiger partial charge in [-0.25, -0.2) is 4.39 Å². The number of fused-ring (bicyclic) bond motifs is 1. The van der Waals surface area contributed by atoms with Crippen LogP contribution in [0.15, 0.2) is 48.5 Å². The van der Waals surface area contributed by atoms with E-state index in [2.05, 4.69) is 10.2 Å². The van der Waals surface area contributed by atoms with Crippen LogP contribution < -0.4 is 10.1 Å². The van der Waals surface area contributed by atoms with Gasteiger partial charge in [-0.2, -0.15) is 0 Å². The quantitative estimate of drug-likeness (QED) is 0.861. The fourth-order valence-electron chi connectivity index (χ4n) is 3.20. The standard InChI is InChI=1S/C22H27FN2O3/c23-19-7-5-6-18(16-19)17-25-11-3-4-13-27-14-10-24-22(26)20-8-1-2-9-21(20)28-15-12-25/h1-2,5-9,16H,3-4,10-15,17H2,(H,24,26). The minimum atomic E-state index is -0.222. The first-order chi connectivity index (χ1) is 13.7. The van der Waals surface area contributed by atoms with Gasteiger partial charge in [-0.3, -0.25) is 9.69 Å². The van der Waals surface area contributed by atoms with Gasteiger partial charge in [0.1, 0.15) is 18.2 Å². The second-order valence-electron chi connectivity index (χ2n) is 6.83. The summed E-state index contributed by atoms with van der Waals surface area (Å²) in [5.74, 6) is 0.188. The summed E-state index contributed by atoms with van der Waals surface area (Å²) >= 11 is 0. The molecule has 0 radical (unpaired) electrons. The van der Waals surface area contributed by atoms with Crippen LogP contribution in [0.2, 0.25) is 0 Å². The first kappa shape index (κ1) is 20.3. The van der Waals surface area contributed by atoms with E-state index in [4.69, 9.17) is 9.47 Å². The smallest absolute Gasteiger partial charge is 0.255 e. The average Bonchev–Trinajstić information content (AvgIpc) is 2.70. The minimum absolute atomic E-state index is 0.161. The van der Waals surface area contributed by atoms with Crippen molar-refractivity contribution in [1.29, 1.82) is 0 Å². The number of hydrogen-bond donors (Lipinski definition) is 1. The van der Waals surface area contributed by atoms with E-state index in [9.17, 15) is 9.18 Å². The average molecular weight is 386 g/mol. The third-order valence-electron chi connectivity index (χ3n) is 4.64. The molecule has 1 N–H and O–H groups in total. The molecular weight excluding hydrogens is 359 g/mol. The molecule has 1 aliphatic heterocycles. The van der Waals surface area contributed by atoms with E-state index in [1.54, 1.807) is 24.3 Å². The van der Waals surface area contributed by atoms with Crippen molar-refractivity contribution in [2.45, 2.75) is 19.4 Å². The Balaban J connectivity index is 1.68. The molecule has 0 aliphatic carbocycles. The van der Waals surface area contributed by atoms with Crippen molar-refractivity contribution in [3.63, 3.8) is 0 Å². The Labute approximate surface area is 165 Å². The van der Waals surface area contributed by atoms with Crippen molar-refractivity contribution in [3.8, 4) is 5.75 Å². The molecule has 2 aromatic rings. The molecular formula is C22H27FN2O3. The molecule has 1 aliphatic rings. The highest BCUT2D eigenvalue weighted by molar-refractivity contribution is 5.96. The van der Waals surface area contributed by atoms with Crippen molar-refractivity contribution in [2.24, 2.45) is 0 Å². The Kier molecular flexibility index (Phi) is 7.82. The zero-order valence-corrected chi connectivity index (χ0v) is 16.0. The van der Waals surface area contributed by atoms with Gasteiger partial charge in [0.25, 0.3) is 5.91 Å². The first-order valence-corrected chi connectivity index (χ1v) is 9.77. The van der Waals surface area contributed by atoms with Crippen molar-refractivity contribution in [3.05, 3.63) is 65.5 Å². The molecule has 3 rings (SSSR count). The van der Waals surface area contributed by atoms with Crippen LogP contribution in [0.1, 0.15) is 28.8 Å². The second kappa shape index (κ2) is 10.8. The van der Waals surface area contributed by atoms with Crippen LogP contribution in [-0.2, 0) is 11.3 Å². The molecule has 28 heavy (non-hydrogen) atoms. The van der Waals surface area contributed by atoms with Crippen LogP contribution in [0.3, 0.4) is 0 Å². The molecule has 150 valence electrons. The van der Waals surface area contributed by atoms with Gasteiger partial charge in [-0.05, 0) is 49.2 Å². The monoisotopic (exact) mass is 386 g/mol. The normalized spacial score (nSPS) is 17.5. The SMILES string of the molecule is O=C1NCCOCCCCN(Cc2cccc(F)c2)CCOc2ccccc21. The van der Waals surface area contributed by atoms with E-state index in [-0.39, 0.29) is 11.7 Å². The molecule has 1 heterocycles. The number of ether oxygens (including phenoxy) is 2. The van der Waals surface area contributed by atoms with Crippen molar-refractivity contribution in [1.82, 2.24) is 10.2 Å². The number of carbonyl (C=O) groups is 1. The molecule has 1 amide bonds. The lowest BCUT2D eigenvalue weighted by molar-refractivity contribution is 0.0909. The fraction of sp³-hybridized carbons (Fsp3) is 0.409. The topological polar surface area (TPSA) is 50.8 Å². The molecule has 0 atom stereocenters. The number of amides is 1. The van der Waals surface area contributed by atoms with E-state index in [0.717, 1.165) is 24.9 Å². The van der Waals surface area contributed by atoms with Gasteiger partial charge in [0, 0.05) is 26.2 Å². The van der Waals surface area contributed by atoms with Crippen molar-refractivity contribution in [2.75, 3.05) is 39.5 Å². The van der Waals surface area contributed by atoms with Crippen molar-refractivity contribution < 1.29 is 18.7 Å². The van der Waals surface area contributed by atoms with Crippen molar-refractivity contribution >= 4 is 5.91 Å². The van der Waals surface area contributed by atoms with E-state index < -0.39 is 0 Å². The molecule has 0 unspecified atom stereocenters. The predicted molar refractivity (Wildman–Crippen MR) is 106 cm³/mol. The molecule has 0 fully saturated rings. The van der Waals surface area contributed by atoms with Gasteiger partial charge in [0.15, 0.2) is 0 Å². The van der Waals surface area contributed by atoms with Gasteiger partial charge >= 0.3 is 0 Å². The number of nitrogens with zero attached hydrogens (tertiary/aromatic N) is 1. The lowest BCUT2D eigenvalue weighted by Crippen LogP contribution is -2.30. The zero-order chi connectivity index (χ0) is 19.6. The molecule has 6 heteroatoms. The maximum atomic E-state index is 13.5. The van der Waals surface area contributed by atoms with Gasteiger partial charge in [-0.1, -0.05) is 24.3 Å². The summed E-state index contributed by atoms with van der Waals surface area (Å²) in [5, 5.41) is 2.87. The number of para-hydroxylation sites is 1. The molecule has 0 spiro atoms. The third-order valence-corrected chi connectivity index (χ3v) is 4.64. The molecule has 0 saturated carbocycles. The number of nitrogens with one attached hydrogen (secondary N) is 1. The minimum Gasteiger partial charge on any atom is -0.491 e. The summed E-state index contributed by atoms with van der Waals surface area (Å²) in [6, 6.07) is 13.9. The van der Waals surface area contributed by atoms with Crippen LogP contribution in [0, 0.1) is 5.82 Å². The highest BCUT2D eigenvalue weighted by Gasteiger charge is 2.13. The zero-order valence-electron chi connectivity index (χ0n) is 16.0. The number of benzene rings is 2. The molecule has 0 aromatic heterocycles. The summed E-state index contributed by atoms with van der Waals surface area (Å²) in [5.41, 5.74) is 1.46. The summed E-state index contributed by atoms with van der Waals surface area (Å²) in [4.78, 5) is 14.6. The number of rotatable bonds is 2. The van der Waals surface area contributed by atoms with Crippen LogP contribution in [-0.4, -0.2) is 50.3 Å². The fourth-order valence-corrected chi connectivity index (χ4v) is 3.20.